The Morgan fingerprint density at radius 2 is 1.32 bits per heavy atom. The first-order valence-corrected chi connectivity index (χ1v) is 10.5. The molecule has 8 heteroatoms. The Bertz CT molecular complexity index is 871. The normalized spacial score (nSPS) is 17.5. The van der Waals surface area contributed by atoms with Gasteiger partial charge in [0.25, 0.3) is 0 Å². The number of amides is 4. The number of benzene rings is 1. The number of urea groups is 2. The molecule has 2 saturated heterocycles. The lowest BCUT2D eigenvalue weighted by atomic mass is 10.2. The number of nitrogens with zero attached hydrogens (tertiary/aromatic N) is 4. The molecule has 0 atom stereocenters. The molecule has 0 saturated carbocycles. The molecule has 0 unspecified atom stereocenters. The summed E-state index contributed by atoms with van der Waals surface area (Å²) in [5, 5.41) is 5.91. The molecule has 0 aliphatic carbocycles. The van der Waals surface area contributed by atoms with E-state index in [-0.39, 0.29) is 12.1 Å². The summed E-state index contributed by atoms with van der Waals surface area (Å²) in [6, 6.07) is 5.24. The molecule has 2 aliphatic rings. The Labute approximate surface area is 184 Å². The van der Waals surface area contributed by atoms with Gasteiger partial charge in [0.05, 0.1) is 13.1 Å². The quantitative estimate of drug-likeness (QED) is 0.723. The summed E-state index contributed by atoms with van der Waals surface area (Å²) in [5.74, 6) is 5.28. The summed E-state index contributed by atoms with van der Waals surface area (Å²) in [5.41, 5.74) is 2.27. The van der Waals surface area contributed by atoms with Crippen LogP contribution in [0.4, 0.5) is 21.0 Å². The van der Waals surface area contributed by atoms with Crippen LogP contribution in [0.25, 0.3) is 0 Å². The highest BCUT2D eigenvalue weighted by Crippen LogP contribution is 2.21. The minimum Gasteiger partial charge on any atom is -0.322 e. The van der Waals surface area contributed by atoms with Crippen molar-refractivity contribution < 1.29 is 9.59 Å². The van der Waals surface area contributed by atoms with Crippen LogP contribution in [-0.2, 0) is 0 Å². The number of hydrogen-bond acceptors (Lipinski definition) is 4. The second-order valence-electron chi connectivity index (χ2n) is 7.82. The molecule has 0 spiro atoms. The second kappa shape index (κ2) is 10.7. The second-order valence-corrected chi connectivity index (χ2v) is 7.82. The van der Waals surface area contributed by atoms with Crippen molar-refractivity contribution in [3.8, 4) is 24.7 Å². The maximum atomic E-state index is 12.7. The lowest BCUT2D eigenvalue weighted by Crippen LogP contribution is -2.50. The van der Waals surface area contributed by atoms with E-state index in [9.17, 15) is 9.59 Å². The molecular formula is C23H30N6O2. The van der Waals surface area contributed by atoms with Crippen molar-refractivity contribution in [2.45, 2.75) is 6.92 Å². The Morgan fingerprint density at radius 1 is 0.839 bits per heavy atom. The van der Waals surface area contributed by atoms with Crippen molar-refractivity contribution in [2.24, 2.45) is 0 Å². The number of anilines is 2. The lowest BCUT2D eigenvalue weighted by Gasteiger charge is -2.34. The van der Waals surface area contributed by atoms with Gasteiger partial charge in [-0.3, -0.25) is 9.80 Å². The fourth-order valence-electron chi connectivity index (χ4n) is 3.71. The standard InChI is InChI=1S/C23H30N6O2/c1-4-8-26-10-14-28(15-11-26)22(30)24-20-7-6-19(3)21(18-20)25-23(31)29-16-12-27(9-5-2)13-17-29/h1-2,6-7,18H,8-17H2,3H3,(H,24,30)(H,25,31). The highest BCUT2D eigenvalue weighted by Gasteiger charge is 2.22. The van der Waals surface area contributed by atoms with Crippen molar-refractivity contribution >= 4 is 23.4 Å². The fraction of sp³-hybridized carbons (Fsp3) is 0.478. The number of terminal acetylenes is 2. The molecule has 2 heterocycles. The van der Waals surface area contributed by atoms with Gasteiger partial charge in [0.1, 0.15) is 0 Å². The van der Waals surface area contributed by atoms with Gasteiger partial charge in [-0.05, 0) is 24.6 Å². The predicted molar refractivity (Wildman–Crippen MR) is 123 cm³/mol. The van der Waals surface area contributed by atoms with E-state index in [0.717, 1.165) is 31.7 Å². The lowest BCUT2D eigenvalue weighted by molar-refractivity contribution is 0.157. The molecule has 31 heavy (non-hydrogen) atoms. The third-order valence-corrected chi connectivity index (χ3v) is 5.68. The first kappa shape index (κ1) is 22.5. The van der Waals surface area contributed by atoms with Gasteiger partial charge in [0.2, 0.25) is 0 Å². The van der Waals surface area contributed by atoms with Crippen molar-refractivity contribution in [3.63, 3.8) is 0 Å². The van der Waals surface area contributed by atoms with E-state index in [2.05, 4.69) is 32.3 Å². The number of hydrogen-bond donors (Lipinski definition) is 2. The predicted octanol–water partition coefficient (Wildman–Crippen LogP) is 1.56. The monoisotopic (exact) mass is 422 g/mol. The van der Waals surface area contributed by atoms with Crippen LogP contribution in [0.3, 0.4) is 0 Å². The molecule has 1 aromatic rings. The molecule has 2 aliphatic heterocycles. The minimum absolute atomic E-state index is 0.142. The van der Waals surface area contributed by atoms with Crippen LogP contribution in [0.1, 0.15) is 5.56 Å². The summed E-state index contributed by atoms with van der Waals surface area (Å²) in [6.45, 7) is 8.74. The van der Waals surface area contributed by atoms with Gasteiger partial charge in [-0.2, -0.15) is 0 Å². The average Bonchev–Trinajstić information content (AvgIpc) is 2.77. The number of carbonyl (C=O) groups excluding carboxylic acids is 2. The number of nitrogens with one attached hydrogen (secondary N) is 2. The van der Waals surface area contributed by atoms with E-state index in [1.54, 1.807) is 15.9 Å². The van der Waals surface area contributed by atoms with Crippen LogP contribution in [0.2, 0.25) is 0 Å². The van der Waals surface area contributed by atoms with Crippen LogP contribution in [0.15, 0.2) is 18.2 Å². The van der Waals surface area contributed by atoms with Gasteiger partial charge in [-0.25, -0.2) is 9.59 Å². The van der Waals surface area contributed by atoms with Gasteiger partial charge >= 0.3 is 12.1 Å². The highest BCUT2D eigenvalue weighted by molar-refractivity contribution is 5.93. The van der Waals surface area contributed by atoms with E-state index in [1.807, 2.05) is 19.1 Å². The summed E-state index contributed by atoms with van der Waals surface area (Å²) >= 11 is 0. The van der Waals surface area contributed by atoms with Crippen molar-refractivity contribution in [3.05, 3.63) is 23.8 Å². The Hall–Kier alpha value is -3.20. The average molecular weight is 423 g/mol. The van der Waals surface area contributed by atoms with E-state index in [4.69, 9.17) is 12.8 Å². The van der Waals surface area contributed by atoms with Crippen molar-refractivity contribution in [2.75, 3.05) is 76.1 Å². The zero-order chi connectivity index (χ0) is 22.2. The topological polar surface area (TPSA) is 71.2 Å². The van der Waals surface area contributed by atoms with E-state index in [1.165, 1.54) is 0 Å². The third-order valence-electron chi connectivity index (χ3n) is 5.68. The maximum absolute atomic E-state index is 12.7. The van der Waals surface area contributed by atoms with Gasteiger partial charge in [-0.15, -0.1) is 12.8 Å². The first-order valence-electron chi connectivity index (χ1n) is 10.5. The summed E-state index contributed by atoms with van der Waals surface area (Å²) in [7, 11) is 0. The van der Waals surface area contributed by atoms with Crippen molar-refractivity contribution in [1.82, 2.24) is 19.6 Å². The fourth-order valence-corrected chi connectivity index (χ4v) is 3.71. The molecule has 4 amide bonds. The molecule has 1 aromatic carbocycles. The molecule has 0 aromatic heterocycles. The number of aryl methyl sites for hydroxylation is 1. The van der Waals surface area contributed by atoms with Gasteiger partial charge < -0.3 is 20.4 Å². The molecule has 164 valence electrons. The number of rotatable bonds is 4. The molecule has 8 nitrogen and oxygen atoms in total. The molecule has 3 rings (SSSR count). The molecular weight excluding hydrogens is 392 g/mol. The number of piperazine rings is 2. The third kappa shape index (κ3) is 6.14. The first-order chi connectivity index (χ1) is 15.0. The minimum atomic E-state index is -0.147. The van der Waals surface area contributed by atoms with E-state index in [0.29, 0.717) is 50.6 Å². The highest BCUT2D eigenvalue weighted by atomic mass is 16.2. The zero-order valence-electron chi connectivity index (χ0n) is 18.1. The van der Waals surface area contributed by atoms with Crippen LogP contribution in [0.5, 0.6) is 0 Å². The Morgan fingerprint density at radius 3 is 1.81 bits per heavy atom. The smallest absolute Gasteiger partial charge is 0.321 e. The van der Waals surface area contributed by atoms with Crippen LogP contribution in [0, 0.1) is 31.6 Å². The largest absolute Gasteiger partial charge is 0.322 e. The van der Waals surface area contributed by atoms with Gasteiger partial charge in [0, 0.05) is 63.7 Å². The van der Waals surface area contributed by atoms with E-state index < -0.39 is 0 Å². The molecule has 2 fully saturated rings. The number of carbonyl (C=O) groups is 2. The van der Waals surface area contributed by atoms with Crippen LogP contribution < -0.4 is 10.6 Å². The molecule has 0 radical (unpaired) electrons. The summed E-state index contributed by atoms with van der Waals surface area (Å²) in [4.78, 5) is 33.2. The Kier molecular flexibility index (Phi) is 7.77. The van der Waals surface area contributed by atoms with Gasteiger partial charge in [-0.1, -0.05) is 17.9 Å². The molecule has 2 N–H and O–H groups in total. The molecule has 0 bridgehead atoms. The zero-order valence-corrected chi connectivity index (χ0v) is 18.1. The SMILES string of the molecule is C#CCN1CCN(C(=O)Nc2ccc(C)c(NC(=O)N3CCN(CC#C)CC3)c2)CC1. The van der Waals surface area contributed by atoms with Crippen molar-refractivity contribution in [1.29, 1.82) is 0 Å². The van der Waals surface area contributed by atoms with Crippen LogP contribution in [-0.4, -0.2) is 97.1 Å². The summed E-state index contributed by atoms with van der Waals surface area (Å²) in [6.07, 6.45) is 10.7. The Balaban J connectivity index is 1.54. The van der Waals surface area contributed by atoms with Crippen LogP contribution >= 0.6 is 0 Å². The van der Waals surface area contributed by atoms with E-state index >= 15 is 0 Å². The summed E-state index contributed by atoms with van der Waals surface area (Å²) < 4.78 is 0. The van der Waals surface area contributed by atoms with Gasteiger partial charge in [0.15, 0.2) is 0 Å². The maximum Gasteiger partial charge on any atom is 0.321 e.